The summed E-state index contributed by atoms with van der Waals surface area (Å²) in [5, 5.41) is 0. The van der Waals surface area contributed by atoms with Crippen molar-refractivity contribution in [1.82, 2.24) is 0 Å². The fraction of sp³-hybridized carbons (Fsp3) is 0.231. The number of rotatable bonds is 4. The Balaban J connectivity index is 2.18. The molecule has 1 heterocycles. The first kappa shape index (κ1) is 11.4. The molecule has 0 aliphatic rings. The molecule has 0 atom stereocenters. The monoisotopic (exact) mass is 279 g/mol. The molecule has 2 rings (SSSR count). The van der Waals surface area contributed by atoms with E-state index < -0.39 is 0 Å². The van der Waals surface area contributed by atoms with Crippen molar-refractivity contribution in [2.24, 2.45) is 5.73 Å². The highest BCUT2D eigenvalue weighted by atomic mass is 79.9. The molecule has 1 aromatic carbocycles. The Hall–Kier alpha value is -1.06. The van der Waals surface area contributed by atoms with Crippen LogP contribution in [0.4, 0.5) is 0 Å². The zero-order chi connectivity index (χ0) is 11.4. The van der Waals surface area contributed by atoms with Crippen LogP contribution in [0.25, 0.3) is 11.3 Å². The van der Waals surface area contributed by atoms with E-state index in [1.165, 1.54) is 0 Å². The molecule has 0 saturated carbocycles. The lowest BCUT2D eigenvalue weighted by molar-refractivity contribution is 0.515. The molecule has 0 fully saturated rings. The van der Waals surface area contributed by atoms with Crippen LogP contribution in [0.5, 0.6) is 0 Å². The van der Waals surface area contributed by atoms with Crippen LogP contribution < -0.4 is 5.73 Å². The van der Waals surface area contributed by atoms with Crippen LogP contribution in [-0.4, -0.2) is 6.54 Å². The molecule has 0 saturated heterocycles. The lowest BCUT2D eigenvalue weighted by atomic mass is 10.2. The second-order valence-electron chi connectivity index (χ2n) is 3.67. The molecule has 0 bridgehead atoms. The molecule has 3 heteroatoms. The van der Waals surface area contributed by atoms with E-state index in [9.17, 15) is 0 Å². The fourth-order valence-corrected chi connectivity index (χ4v) is 1.98. The molecule has 0 aliphatic heterocycles. The van der Waals surface area contributed by atoms with Crippen molar-refractivity contribution >= 4 is 15.9 Å². The van der Waals surface area contributed by atoms with Crippen molar-refractivity contribution in [2.45, 2.75) is 12.8 Å². The van der Waals surface area contributed by atoms with Crippen molar-refractivity contribution in [1.29, 1.82) is 0 Å². The highest BCUT2D eigenvalue weighted by molar-refractivity contribution is 9.10. The molecule has 84 valence electrons. The summed E-state index contributed by atoms with van der Waals surface area (Å²) in [5.41, 5.74) is 6.56. The Kier molecular flexibility index (Phi) is 3.80. The summed E-state index contributed by atoms with van der Waals surface area (Å²) in [7, 11) is 0. The third-order valence-electron chi connectivity index (χ3n) is 2.40. The SMILES string of the molecule is NCCCc1ccc(-c2cccc(Br)c2)o1. The van der Waals surface area contributed by atoms with Crippen LogP contribution in [-0.2, 0) is 6.42 Å². The zero-order valence-electron chi connectivity index (χ0n) is 8.95. The highest BCUT2D eigenvalue weighted by Crippen LogP contribution is 2.25. The lowest BCUT2D eigenvalue weighted by Gasteiger charge is -1.98. The average Bonchev–Trinajstić information content (AvgIpc) is 2.75. The molecule has 0 aliphatic carbocycles. The quantitative estimate of drug-likeness (QED) is 0.929. The normalized spacial score (nSPS) is 10.6. The first-order valence-electron chi connectivity index (χ1n) is 5.34. The van der Waals surface area contributed by atoms with E-state index in [1.54, 1.807) is 0 Å². The zero-order valence-corrected chi connectivity index (χ0v) is 10.5. The molecular formula is C13H14BrNO. The standard InChI is InChI=1S/C13H14BrNO/c14-11-4-1-3-10(9-11)13-7-6-12(16-13)5-2-8-15/h1,3-4,6-7,9H,2,5,8,15H2. The smallest absolute Gasteiger partial charge is 0.134 e. The van der Waals surface area contributed by atoms with E-state index in [0.717, 1.165) is 34.4 Å². The van der Waals surface area contributed by atoms with Gasteiger partial charge in [0.2, 0.25) is 0 Å². The van der Waals surface area contributed by atoms with Gasteiger partial charge in [0.05, 0.1) is 0 Å². The Morgan fingerprint density at radius 3 is 2.81 bits per heavy atom. The molecule has 2 N–H and O–H groups in total. The summed E-state index contributed by atoms with van der Waals surface area (Å²) in [6.45, 7) is 0.701. The molecule has 2 nitrogen and oxygen atoms in total. The second kappa shape index (κ2) is 5.32. The number of aryl methyl sites for hydroxylation is 1. The molecule has 0 unspecified atom stereocenters. The van der Waals surface area contributed by atoms with Crippen molar-refractivity contribution in [2.75, 3.05) is 6.54 Å². The van der Waals surface area contributed by atoms with E-state index in [-0.39, 0.29) is 0 Å². The van der Waals surface area contributed by atoms with Gasteiger partial charge >= 0.3 is 0 Å². The number of nitrogens with two attached hydrogens (primary N) is 1. The predicted octanol–water partition coefficient (Wildman–Crippen LogP) is 3.60. The average molecular weight is 280 g/mol. The third-order valence-corrected chi connectivity index (χ3v) is 2.89. The molecule has 0 amide bonds. The molecule has 0 radical (unpaired) electrons. The van der Waals surface area contributed by atoms with Gasteiger partial charge in [-0.05, 0) is 37.2 Å². The largest absolute Gasteiger partial charge is 0.461 e. The van der Waals surface area contributed by atoms with E-state index >= 15 is 0 Å². The molecule has 0 spiro atoms. The van der Waals surface area contributed by atoms with E-state index in [4.69, 9.17) is 10.2 Å². The van der Waals surface area contributed by atoms with Crippen LogP contribution in [0.15, 0.2) is 45.3 Å². The first-order chi connectivity index (χ1) is 7.79. The Morgan fingerprint density at radius 2 is 2.06 bits per heavy atom. The van der Waals surface area contributed by atoms with Crippen molar-refractivity contribution in [3.8, 4) is 11.3 Å². The number of halogens is 1. The van der Waals surface area contributed by atoms with Gasteiger partial charge in [0, 0.05) is 16.5 Å². The number of furan rings is 1. The van der Waals surface area contributed by atoms with Crippen LogP contribution >= 0.6 is 15.9 Å². The van der Waals surface area contributed by atoms with Crippen molar-refractivity contribution in [3.05, 3.63) is 46.6 Å². The highest BCUT2D eigenvalue weighted by Gasteiger charge is 2.04. The maximum Gasteiger partial charge on any atom is 0.134 e. The van der Waals surface area contributed by atoms with Gasteiger partial charge in [-0.2, -0.15) is 0 Å². The van der Waals surface area contributed by atoms with Gasteiger partial charge in [-0.25, -0.2) is 0 Å². The Bertz CT molecular complexity index is 464. The summed E-state index contributed by atoms with van der Waals surface area (Å²) in [5.74, 6) is 1.91. The Morgan fingerprint density at radius 1 is 1.19 bits per heavy atom. The minimum absolute atomic E-state index is 0.701. The van der Waals surface area contributed by atoms with Crippen LogP contribution in [0.2, 0.25) is 0 Å². The third kappa shape index (κ3) is 2.74. The first-order valence-corrected chi connectivity index (χ1v) is 6.13. The summed E-state index contributed by atoms with van der Waals surface area (Å²) < 4.78 is 6.81. The lowest BCUT2D eigenvalue weighted by Crippen LogP contribution is -1.99. The van der Waals surface area contributed by atoms with Gasteiger partial charge in [-0.3, -0.25) is 0 Å². The molecule has 1 aromatic heterocycles. The van der Waals surface area contributed by atoms with E-state index in [1.807, 2.05) is 36.4 Å². The minimum atomic E-state index is 0.701. The van der Waals surface area contributed by atoms with Gasteiger partial charge in [0.15, 0.2) is 0 Å². The van der Waals surface area contributed by atoms with Gasteiger partial charge in [-0.1, -0.05) is 28.1 Å². The number of hydrogen-bond donors (Lipinski definition) is 1. The van der Waals surface area contributed by atoms with Crippen LogP contribution in [0.3, 0.4) is 0 Å². The second-order valence-corrected chi connectivity index (χ2v) is 4.58. The summed E-state index contributed by atoms with van der Waals surface area (Å²) >= 11 is 3.45. The topological polar surface area (TPSA) is 39.2 Å². The number of benzene rings is 1. The summed E-state index contributed by atoms with van der Waals surface area (Å²) in [6.07, 6.45) is 1.87. The summed E-state index contributed by atoms with van der Waals surface area (Å²) in [6, 6.07) is 12.1. The van der Waals surface area contributed by atoms with Crippen molar-refractivity contribution in [3.63, 3.8) is 0 Å². The van der Waals surface area contributed by atoms with Gasteiger partial charge in [-0.15, -0.1) is 0 Å². The maximum absolute atomic E-state index is 5.75. The molecule has 2 aromatic rings. The minimum Gasteiger partial charge on any atom is -0.461 e. The molecule has 16 heavy (non-hydrogen) atoms. The van der Waals surface area contributed by atoms with Crippen molar-refractivity contribution < 1.29 is 4.42 Å². The van der Waals surface area contributed by atoms with Crippen LogP contribution in [0, 0.1) is 0 Å². The fourth-order valence-electron chi connectivity index (χ4n) is 1.59. The maximum atomic E-state index is 5.75. The van der Waals surface area contributed by atoms with E-state index in [2.05, 4.69) is 15.9 Å². The number of hydrogen-bond acceptors (Lipinski definition) is 2. The van der Waals surface area contributed by atoms with Gasteiger partial charge < -0.3 is 10.2 Å². The van der Waals surface area contributed by atoms with E-state index in [0.29, 0.717) is 6.54 Å². The summed E-state index contributed by atoms with van der Waals surface area (Å²) in [4.78, 5) is 0. The van der Waals surface area contributed by atoms with Gasteiger partial charge in [0.25, 0.3) is 0 Å². The predicted molar refractivity (Wildman–Crippen MR) is 69.2 cm³/mol. The Labute approximate surface area is 104 Å². The van der Waals surface area contributed by atoms with Crippen LogP contribution in [0.1, 0.15) is 12.2 Å². The van der Waals surface area contributed by atoms with Gasteiger partial charge in [0.1, 0.15) is 11.5 Å². The molecular weight excluding hydrogens is 266 g/mol.